The molecule has 0 saturated heterocycles. The van der Waals surface area contributed by atoms with Crippen LogP contribution in [0.2, 0.25) is 0 Å². The highest BCUT2D eigenvalue weighted by molar-refractivity contribution is 7.47. The summed E-state index contributed by atoms with van der Waals surface area (Å²) in [5.74, 6) is -0.616. The van der Waals surface area contributed by atoms with Crippen LogP contribution in [0.15, 0.2) is 48.6 Å². The maximum Gasteiger partial charge on any atom is 0.472 e. The third-order valence-corrected chi connectivity index (χ3v) is 11.1. The number of rotatable bonds is 34. The van der Waals surface area contributed by atoms with Crippen molar-refractivity contribution in [1.82, 2.24) is 5.32 Å². The average molecular weight is 832 g/mol. The number of phosphoric acid groups is 1. The molecule has 8 atom stereocenters. The van der Waals surface area contributed by atoms with Crippen molar-refractivity contribution in [1.29, 1.82) is 0 Å². The normalized spacial score (nSPS) is 24.5. The van der Waals surface area contributed by atoms with Gasteiger partial charge in [-0.3, -0.25) is 13.8 Å². The standard InChI is InChI=1S/C43H78NO12P/c1-3-5-7-9-11-13-15-17-18-19-20-22-24-26-28-30-34(45)32-37(47)44-35(36(46)31-29-27-25-23-21-16-14-12-10-8-6-4-2)33-55-57(53,54)56-43-41(51)39(49)38(48)40(50)42(43)52/h10,12,17-18,21,23,29,31,34-36,38-43,45-46,48-52H,3-9,11,13-16,19-20,22,24-28,30,32-33H2,1-2H3,(H,44,47)(H,53,54)/b12-10+,18-17-,23-21+,31-29+. The first kappa shape index (κ1) is 53.3. The number of phosphoric ester groups is 1. The molecular weight excluding hydrogens is 753 g/mol. The summed E-state index contributed by atoms with van der Waals surface area (Å²) in [6.45, 7) is 3.64. The van der Waals surface area contributed by atoms with Crippen molar-refractivity contribution >= 4 is 13.7 Å². The monoisotopic (exact) mass is 832 g/mol. The molecule has 0 radical (unpaired) electrons. The van der Waals surface area contributed by atoms with Gasteiger partial charge in [-0.2, -0.15) is 0 Å². The number of allylic oxidation sites excluding steroid dienone is 7. The van der Waals surface area contributed by atoms with E-state index < -0.39 is 75.2 Å². The van der Waals surface area contributed by atoms with Crippen molar-refractivity contribution in [2.45, 2.75) is 210 Å². The van der Waals surface area contributed by atoms with Gasteiger partial charge in [0.25, 0.3) is 0 Å². The molecule has 0 spiro atoms. The molecule has 1 fully saturated rings. The van der Waals surface area contributed by atoms with E-state index in [1.165, 1.54) is 57.4 Å². The molecule has 0 aromatic carbocycles. The predicted molar refractivity (Wildman–Crippen MR) is 224 cm³/mol. The number of nitrogens with one attached hydrogen (secondary N) is 1. The SMILES string of the molecule is CCCC/C=C/CC/C=C/CC/C=C/C(O)C(COP(=O)(O)OC1C(O)C(O)C(O)C(O)C1O)NC(=O)CC(O)CCCCCCC/C=C\CCCCCCCC. The van der Waals surface area contributed by atoms with Gasteiger partial charge in [0.15, 0.2) is 0 Å². The molecule has 9 N–H and O–H groups in total. The van der Waals surface area contributed by atoms with Gasteiger partial charge in [-0.05, 0) is 64.2 Å². The van der Waals surface area contributed by atoms with Gasteiger partial charge in [0.2, 0.25) is 5.91 Å². The zero-order chi connectivity index (χ0) is 42.3. The van der Waals surface area contributed by atoms with Crippen LogP contribution in [0.5, 0.6) is 0 Å². The molecule has 1 amide bonds. The maximum absolute atomic E-state index is 12.9. The zero-order valence-electron chi connectivity index (χ0n) is 34.7. The van der Waals surface area contributed by atoms with Gasteiger partial charge in [-0.15, -0.1) is 0 Å². The lowest BCUT2D eigenvalue weighted by Gasteiger charge is -2.41. The van der Waals surface area contributed by atoms with E-state index in [0.717, 1.165) is 64.2 Å². The minimum atomic E-state index is -5.15. The van der Waals surface area contributed by atoms with Gasteiger partial charge in [0.05, 0.1) is 31.3 Å². The molecular formula is C43H78NO12P. The second-order valence-corrected chi connectivity index (χ2v) is 16.8. The number of aliphatic hydroxyl groups excluding tert-OH is 7. The summed E-state index contributed by atoms with van der Waals surface area (Å²) in [6.07, 6.45) is 23.6. The van der Waals surface area contributed by atoms with Crippen LogP contribution < -0.4 is 5.32 Å². The van der Waals surface area contributed by atoms with E-state index >= 15 is 0 Å². The van der Waals surface area contributed by atoms with Crippen molar-refractivity contribution in [2.75, 3.05) is 6.61 Å². The third kappa shape index (κ3) is 25.5. The highest BCUT2D eigenvalue weighted by atomic mass is 31.2. The van der Waals surface area contributed by atoms with Crippen LogP contribution in [0.1, 0.15) is 155 Å². The summed E-state index contributed by atoms with van der Waals surface area (Å²) < 4.78 is 22.8. The third-order valence-electron chi connectivity index (χ3n) is 10.1. The minimum absolute atomic E-state index is 0.263. The summed E-state index contributed by atoms with van der Waals surface area (Å²) in [4.78, 5) is 23.3. The predicted octanol–water partition coefficient (Wildman–Crippen LogP) is 6.36. The molecule has 57 heavy (non-hydrogen) atoms. The molecule has 0 heterocycles. The Morgan fingerprint density at radius 1 is 0.614 bits per heavy atom. The van der Waals surface area contributed by atoms with Gasteiger partial charge >= 0.3 is 7.82 Å². The van der Waals surface area contributed by atoms with Crippen LogP contribution >= 0.6 is 7.82 Å². The largest absolute Gasteiger partial charge is 0.472 e. The highest BCUT2D eigenvalue weighted by Crippen LogP contribution is 2.47. The van der Waals surface area contributed by atoms with E-state index in [9.17, 15) is 50.0 Å². The number of carbonyl (C=O) groups is 1. The lowest BCUT2D eigenvalue weighted by atomic mass is 9.85. The molecule has 8 unspecified atom stereocenters. The Bertz CT molecular complexity index is 1170. The molecule has 1 aliphatic carbocycles. The first-order valence-corrected chi connectivity index (χ1v) is 23.2. The zero-order valence-corrected chi connectivity index (χ0v) is 35.6. The molecule has 332 valence electrons. The van der Waals surface area contributed by atoms with Gasteiger partial charge in [-0.25, -0.2) is 4.57 Å². The number of unbranched alkanes of at least 4 members (excludes halogenated alkanes) is 15. The molecule has 1 saturated carbocycles. The first-order valence-electron chi connectivity index (χ1n) is 21.7. The smallest absolute Gasteiger partial charge is 0.393 e. The summed E-state index contributed by atoms with van der Waals surface area (Å²) in [6, 6.07) is -1.26. The number of hydrogen-bond acceptors (Lipinski definition) is 11. The van der Waals surface area contributed by atoms with E-state index in [1.807, 2.05) is 6.08 Å². The van der Waals surface area contributed by atoms with Gasteiger partial charge in [0, 0.05) is 0 Å². The Morgan fingerprint density at radius 2 is 1.05 bits per heavy atom. The van der Waals surface area contributed by atoms with E-state index in [0.29, 0.717) is 19.3 Å². The van der Waals surface area contributed by atoms with Crippen LogP contribution in [0.4, 0.5) is 0 Å². The van der Waals surface area contributed by atoms with Crippen molar-refractivity contribution in [2.24, 2.45) is 0 Å². The molecule has 0 bridgehead atoms. The number of hydrogen-bond donors (Lipinski definition) is 9. The van der Waals surface area contributed by atoms with Crippen LogP contribution in [0.25, 0.3) is 0 Å². The highest BCUT2D eigenvalue weighted by Gasteiger charge is 2.51. The number of amides is 1. The number of carbonyl (C=O) groups excluding carboxylic acids is 1. The Labute approximate surface area is 342 Å². The second-order valence-electron chi connectivity index (χ2n) is 15.4. The topological polar surface area (TPSA) is 226 Å². The van der Waals surface area contributed by atoms with Crippen molar-refractivity contribution in [3.05, 3.63) is 48.6 Å². The molecule has 0 aliphatic heterocycles. The second kappa shape index (κ2) is 33.0. The maximum atomic E-state index is 12.9. The van der Waals surface area contributed by atoms with Crippen LogP contribution in [0.3, 0.4) is 0 Å². The molecule has 1 rings (SSSR count). The fourth-order valence-electron chi connectivity index (χ4n) is 6.49. The Hall–Kier alpha value is -1.74. The van der Waals surface area contributed by atoms with Crippen molar-refractivity contribution in [3.8, 4) is 0 Å². The fraction of sp³-hybridized carbons (Fsp3) is 0.791. The molecule has 0 aromatic rings. The van der Waals surface area contributed by atoms with Gasteiger partial charge in [-0.1, -0.05) is 133 Å². The summed E-state index contributed by atoms with van der Waals surface area (Å²) >= 11 is 0. The Balaban J connectivity index is 2.62. The fourth-order valence-corrected chi connectivity index (χ4v) is 7.45. The Morgan fingerprint density at radius 3 is 1.60 bits per heavy atom. The van der Waals surface area contributed by atoms with E-state index in [-0.39, 0.29) is 6.42 Å². The van der Waals surface area contributed by atoms with E-state index in [2.05, 4.69) is 49.5 Å². The number of aliphatic hydroxyl groups is 7. The lowest BCUT2D eigenvalue weighted by molar-refractivity contribution is -0.220. The summed E-state index contributed by atoms with van der Waals surface area (Å²) in [7, 11) is -5.15. The van der Waals surface area contributed by atoms with Crippen LogP contribution in [-0.4, -0.2) is 108 Å². The molecule has 13 nitrogen and oxygen atoms in total. The summed E-state index contributed by atoms with van der Waals surface area (Å²) in [5.41, 5.74) is 0. The Kier molecular flexibility index (Phi) is 30.9. The molecule has 14 heteroatoms. The summed E-state index contributed by atoms with van der Waals surface area (Å²) in [5, 5.41) is 74.2. The average Bonchev–Trinajstić information content (AvgIpc) is 3.18. The lowest BCUT2D eigenvalue weighted by Crippen LogP contribution is -2.64. The van der Waals surface area contributed by atoms with Gasteiger partial charge in [0.1, 0.15) is 36.6 Å². The minimum Gasteiger partial charge on any atom is -0.393 e. The van der Waals surface area contributed by atoms with Crippen molar-refractivity contribution in [3.63, 3.8) is 0 Å². The van der Waals surface area contributed by atoms with Crippen LogP contribution in [0, 0.1) is 0 Å². The van der Waals surface area contributed by atoms with E-state index in [1.54, 1.807) is 6.08 Å². The molecule has 0 aromatic heterocycles. The quantitative estimate of drug-likeness (QED) is 0.0196. The first-order chi connectivity index (χ1) is 27.3. The van der Waals surface area contributed by atoms with Crippen molar-refractivity contribution < 1.29 is 59.0 Å². The van der Waals surface area contributed by atoms with Crippen LogP contribution in [-0.2, 0) is 18.4 Å². The molecule has 1 aliphatic rings. The van der Waals surface area contributed by atoms with Gasteiger partial charge < -0.3 is 46.0 Å². The van der Waals surface area contributed by atoms with E-state index in [4.69, 9.17) is 9.05 Å².